The molecule has 2 aliphatic rings. The van der Waals surface area contributed by atoms with Crippen molar-refractivity contribution in [2.24, 2.45) is 22.4 Å². The molecule has 0 aromatic rings. The highest BCUT2D eigenvalue weighted by Crippen LogP contribution is 2.30. The average molecular weight is 306 g/mol. The molecule has 122 valence electrons. The molecule has 2 fully saturated rings. The summed E-state index contributed by atoms with van der Waals surface area (Å²) >= 11 is 0. The number of aliphatic imine (C=N–C) groups is 1. The van der Waals surface area contributed by atoms with Gasteiger partial charge in [0.2, 0.25) is 0 Å². The first-order valence-electron chi connectivity index (χ1n) is 7.97. The molecule has 6 heteroatoms. The fraction of sp³-hybridized carbons (Fsp3) is 0.688. The molecular formula is C16H26N4O2. The molecule has 0 aromatic heterocycles. The van der Waals surface area contributed by atoms with Crippen molar-refractivity contribution in [3.63, 3.8) is 0 Å². The van der Waals surface area contributed by atoms with Gasteiger partial charge in [0.25, 0.3) is 5.91 Å². The second-order valence-corrected chi connectivity index (χ2v) is 6.36. The lowest BCUT2D eigenvalue weighted by Crippen LogP contribution is -2.45. The predicted octanol–water partition coefficient (Wildman–Crippen LogP) is 0.609. The summed E-state index contributed by atoms with van der Waals surface area (Å²) in [5.74, 6) is 0.106. The van der Waals surface area contributed by atoms with Crippen molar-refractivity contribution in [3.05, 3.63) is 11.3 Å². The summed E-state index contributed by atoms with van der Waals surface area (Å²) in [6.07, 6.45) is 3.33. The van der Waals surface area contributed by atoms with Crippen LogP contribution in [0.4, 0.5) is 0 Å². The molecule has 1 amide bonds. The number of rotatable bonds is 3. The number of nitrogens with two attached hydrogens (primary N) is 2. The first-order valence-corrected chi connectivity index (χ1v) is 7.97. The zero-order valence-electron chi connectivity index (χ0n) is 13.5. The van der Waals surface area contributed by atoms with Gasteiger partial charge in [-0.05, 0) is 38.5 Å². The number of carbonyl (C=O) groups excluding carboxylic acids is 2. The molecule has 22 heavy (non-hydrogen) atoms. The smallest absolute Gasteiger partial charge is 0.270 e. The van der Waals surface area contributed by atoms with Crippen LogP contribution in [0.15, 0.2) is 16.3 Å². The van der Waals surface area contributed by atoms with Crippen LogP contribution in [0.1, 0.15) is 39.5 Å². The van der Waals surface area contributed by atoms with E-state index in [9.17, 15) is 9.59 Å². The average Bonchev–Trinajstić information content (AvgIpc) is 2.85. The van der Waals surface area contributed by atoms with Gasteiger partial charge in [0.15, 0.2) is 5.78 Å². The Morgan fingerprint density at radius 3 is 2.50 bits per heavy atom. The van der Waals surface area contributed by atoms with Gasteiger partial charge < -0.3 is 16.4 Å². The molecular weight excluding hydrogens is 280 g/mol. The van der Waals surface area contributed by atoms with Crippen molar-refractivity contribution in [2.75, 3.05) is 19.6 Å². The maximum atomic E-state index is 12.6. The Bertz CT molecular complexity index is 516. The molecule has 6 nitrogen and oxygen atoms in total. The highest BCUT2D eigenvalue weighted by Gasteiger charge is 2.30. The van der Waals surface area contributed by atoms with Gasteiger partial charge in [0, 0.05) is 30.4 Å². The third-order valence-electron chi connectivity index (χ3n) is 4.46. The van der Waals surface area contributed by atoms with Gasteiger partial charge in [-0.1, -0.05) is 6.92 Å². The molecule has 4 N–H and O–H groups in total. The van der Waals surface area contributed by atoms with E-state index in [0.29, 0.717) is 18.8 Å². The standard InChI is InChI=1S/C16H26N4O2/c1-10-3-4-13(19-9-11(2)21)14(10)15(18)16(22)20-7-5-12(17)6-8-20/h10,12H,3-9,17-18H2,1-2H3/b15-14-,19-13?. The Hall–Kier alpha value is -1.69. The first-order chi connectivity index (χ1) is 10.4. The van der Waals surface area contributed by atoms with E-state index in [1.165, 1.54) is 6.92 Å². The molecule has 1 aliphatic heterocycles. The molecule has 1 atom stereocenters. The zero-order valence-corrected chi connectivity index (χ0v) is 13.5. The summed E-state index contributed by atoms with van der Waals surface area (Å²) in [7, 11) is 0. The van der Waals surface area contributed by atoms with Crippen LogP contribution >= 0.6 is 0 Å². The minimum Gasteiger partial charge on any atom is -0.394 e. The molecule has 0 aromatic carbocycles. The van der Waals surface area contributed by atoms with Crippen molar-refractivity contribution in [3.8, 4) is 0 Å². The molecule has 1 saturated carbocycles. The van der Waals surface area contributed by atoms with Gasteiger partial charge >= 0.3 is 0 Å². The Kier molecular flexibility index (Phi) is 5.34. The normalized spacial score (nSPS) is 27.3. The Labute approximate surface area is 131 Å². The molecule has 0 bridgehead atoms. The molecule has 1 unspecified atom stereocenters. The van der Waals surface area contributed by atoms with Crippen molar-refractivity contribution in [2.45, 2.75) is 45.6 Å². The highest BCUT2D eigenvalue weighted by molar-refractivity contribution is 6.09. The maximum Gasteiger partial charge on any atom is 0.270 e. The highest BCUT2D eigenvalue weighted by atomic mass is 16.2. The van der Waals surface area contributed by atoms with E-state index in [0.717, 1.165) is 37.0 Å². The summed E-state index contributed by atoms with van der Waals surface area (Å²) in [4.78, 5) is 29.9. The van der Waals surface area contributed by atoms with E-state index < -0.39 is 0 Å². The first kappa shape index (κ1) is 16.7. The third kappa shape index (κ3) is 3.74. The van der Waals surface area contributed by atoms with Crippen LogP contribution in [0, 0.1) is 5.92 Å². The molecule has 0 radical (unpaired) electrons. The number of hydrogen-bond donors (Lipinski definition) is 2. The van der Waals surface area contributed by atoms with Crippen molar-refractivity contribution in [1.82, 2.24) is 4.90 Å². The number of allylic oxidation sites excluding steroid dienone is 1. The molecule has 0 spiro atoms. The summed E-state index contributed by atoms with van der Waals surface area (Å²) in [6.45, 7) is 5.03. The number of carbonyl (C=O) groups is 2. The van der Waals surface area contributed by atoms with Gasteiger partial charge in [-0.2, -0.15) is 0 Å². The second kappa shape index (κ2) is 7.05. The number of amides is 1. The number of hydrogen-bond acceptors (Lipinski definition) is 5. The van der Waals surface area contributed by atoms with Gasteiger partial charge in [0.05, 0.1) is 6.54 Å². The van der Waals surface area contributed by atoms with E-state index in [1.807, 2.05) is 0 Å². The fourth-order valence-corrected chi connectivity index (χ4v) is 3.10. The monoisotopic (exact) mass is 306 g/mol. The lowest BCUT2D eigenvalue weighted by molar-refractivity contribution is -0.128. The van der Waals surface area contributed by atoms with Gasteiger partial charge in [-0.25, -0.2) is 0 Å². The minimum absolute atomic E-state index is 0.0151. The van der Waals surface area contributed by atoms with Crippen LogP contribution in [0.25, 0.3) is 0 Å². The lowest BCUT2D eigenvalue weighted by atomic mass is 10.00. The Balaban J connectivity index is 2.19. The lowest BCUT2D eigenvalue weighted by Gasteiger charge is -2.30. The third-order valence-corrected chi connectivity index (χ3v) is 4.46. The van der Waals surface area contributed by atoms with Crippen LogP contribution < -0.4 is 11.5 Å². The molecule has 1 aliphatic carbocycles. The van der Waals surface area contributed by atoms with Crippen LogP contribution in [-0.2, 0) is 9.59 Å². The summed E-state index contributed by atoms with van der Waals surface area (Å²) < 4.78 is 0. The van der Waals surface area contributed by atoms with Gasteiger partial charge in [0.1, 0.15) is 5.70 Å². The summed E-state index contributed by atoms with van der Waals surface area (Å²) in [6, 6.07) is 0.177. The SMILES string of the molecule is CC(=O)CN=C1CCC(C)/C1=C(/N)C(=O)N1CCC(N)CC1. The van der Waals surface area contributed by atoms with Crippen LogP contribution in [0.2, 0.25) is 0 Å². The number of Topliss-reactive ketones (excluding diaryl/α,β-unsaturated/α-hetero) is 1. The largest absolute Gasteiger partial charge is 0.394 e. The number of nitrogens with zero attached hydrogens (tertiary/aromatic N) is 2. The van der Waals surface area contributed by atoms with E-state index in [1.54, 1.807) is 4.90 Å². The number of piperidine rings is 1. The molecule has 2 rings (SSSR count). The summed E-state index contributed by atoms with van der Waals surface area (Å²) in [5, 5.41) is 0. The molecule has 1 heterocycles. The van der Waals surface area contributed by atoms with E-state index in [2.05, 4.69) is 11.9 Å². The van der Waals surface area contributed by atoms with Gasteiger partial charge in [-0.15, -0.1) is 0 Å². The van der Waals surface area contributed by atoms with E-state index >= 15 is 0 Å². The minimum atomic E-state index is -0.119. The number of ketones is 1. The zero-order chi connectivity index (χ0) is 16.3. The number of likely N-dealkylation sites (tertiary alicyclic amines) is 1. The molecule has 1 saturated heterocycles. The second-order valence-electron chi connectivity index (χ2n) is 6.36. The van der Waals surface area contributed by atoms with Gasteiger partial charge in [-0.3, -0.25) is 14.6 Å². The van der Waals surface area contributed by atoms with Crippen molar-refractivity contribution >= 4 is 17.4 Å². The van der Waals surface area contributed by atoms with Crippen molar-refractivity contribution in [1.29, 1.82) is 0 Å². The Morgan fingerprint density at radius 2 is 1.91 bits per heavy atom. The fourth-order valence-electron chi connectivity index (χ4n) is 3.10. The van der Waals surface area contributed by atoms with Crippen molar-refractivity contribution < 1.29 is 9.59 Å². The van der Waals surface area contributed by atoms with E-state index in [-0.39, 0.29) is 30.2 Å². The summed E-state index contributed by atoms with van der Waals surface area (Å²) in [5.41, 5.74) is 14.0. The topological polar surface area (TPSA) is 102 Å². The van der Waals surface area contributed by atoms with E-state index in [4.69, 9.17) is 11.5 Å². The maximum absolute atomic E-state index is 12.6. The Morgan fingerprint density at radius 1 is 1.27 bits per heavy atom. The predicted molar refractivity (Wildman–Crippen MR) is 86.4 cm³/mol. The van der Waals surface area contributed by atoms with Crippen LogP contribution in [0.5, 0.6) is 0 Å². The van der Waals surface area contributed by atoms with Crippen LogP contribution in [-0.4, -0.2) is 48.0 Å². The van der Waals surface area contributed by atoms with Crippen LogP contribution in [0.3, 0.4) is 0 Å². The quantitative estimate of drug-likeness (QED) is 0.746.